The van der Waals surface area contributed by atoms with Gasteiger partial charge in [0, 0.05) is 0 Å². The molecule has 0 aromatic carbocycles. The van der Waals surface area contributed by atoms with Crippen molar-refractivity contribution in [1.29, 1.82) is 0 Å². The summed E-state index contributed by atoms with van der Waals surface area (Å²) in [5.41, 5.74) is 2.83. The third kappa shape index (κ3) is 4.35. The fraction of sp³-hybridized carbons (Fsp3) is 0.533. The number of nitrogens with one attached hydrogen (secondary N) is 1. The average molecular weight is 399 g/mol. The van der Waals surface area contributed by atoms with Crippen molar-refractivity contribution in [3.05, 3.63) is 29.6 Å². The van der Waals surface area contributed by atoms with Crippen LogP contribution in [-0.4, -0.2) is 77.2 Å². The van der Waals surface area contributed by atoms with Gasteiger partial charge in [0.2, 0.25) is 0 Å². The van der Waals surface area contributed by atoms with Crippen LogP contribution in [0.2, 0.25) is 0 Å². The summed E-state index contributed by atoms with van der Waals surface area (Å²) in [5.74, 6) is -0.393. The van der Waals surface area contributed by atoms with Crippen LogP contribution in [0.3, 0.4) is 0 Å². The zero-order valence-corrected chi connectivity index (χ0v) is 15.7. The molecule has 2 rings (SSSR count). The molecular formula is C15H22BN3O7S. The number of carboxylic acids is 2. The van der Waals surface area contributed by atoms with Gasteiger partial charge in [-0.1, -0.05) is 0 Å². The molecule has 0 unspecified atom stereocenters. The van der Waals surface area contributed by atoms with E-state index in [1.165, 1.54) is 0 Å². The topological polar surface area (TPSA) is 170 Å². The molecule has 6 N–H and O–H groups in total. The molecule has 3 atom stereocenters. The molecule has 2 heterocycles. The van der Waals surface area contributed by atoms with Crippen molar-refractivity contribution in [2.24, 2.45) is 5.73 Å². The van der Waals surface area contributed by atoms with Crippen molar-refractivity contribution in [2.45, 2.75) is 36.9 Å². The summed E-state index contributed by atoms with van der Waals surface area (Å²) in [5, 5.41) is 28.7. The summed E-state index contributed by atoms with van der Waals surface area (Å²) >= 11 is 0. The fourth-order valence-corrected chi connectivity index (χ4v) is 4.61. The van der Waals surface area contributed by atoms with E-state index in [0.717, 1.165) is 18.2 Å². The van der Waals surface area contributed by atoms with Crippen molar-refractivity contribution >= 4 is 29.1 Å². The Morgan fingerprint density at radius 3 is 2.52 bits per heavy atom. The van der Waals surface area contributed by atoms with Crippen LogP contribution in [0.25, 0.3) is 0 Å². The van der Waals surface area contributed by atoms with E-state index in [1.54, 1.807) is 31.0 Å². The molecule has 1 aliphatic rings. The molecule has 1 fully saturated rings. The van der Waals surface area contributed by atoms with Gasteiger partial charge in [0.05, 0.1) is 0 Å². The number of nitrogens with zero attached hydrogens (tertiary/aromatic N) is 1. The Bertz CT molecular complexity index is 828. The first-order chi connectivity index (χ1) is 12.3. The molecule has 10 nitrogen and oxygen atoms in total. The summed E-state index contributed by atoms with van der Waals surface area (Å²) in [6.07, 6.45) is 0. The van der Waals surface area contributed by atoms with E-state index < -0.39 is 51.8 Å². The average Bonchev–Trinajstić information content (AvgIpc) is 2.92. The number of rotatable bonds is 7. The van der Waals surface area contributed by atoms with Gasteiger partial charge in [0.1, 0.15) is 0 Å². The molecule has 0 amide bonds. The molecule has 12 heteroatoms. The van der Waals surface area contributed by atoms with Crippen LogP contribution < -0.4 is 10.5 Å². The summed E-state index contributed by atoms with van der Waals surface area (Å²) in [6, 6.07) is 1.51. The van der Waals surface area contributed by atoms with Gasteiger partial charge in [-0.3, -0.25) is 0 Å². The predicted molar refractivity (Wildman–Crippen MR) is 96.4 cm³/mol. The molecule has 148 valence electrons. The molecular weight excluding hydrogens is 377 g/mol. The van der Waals surface area contributed by atoms with Crippen LogP contribution in [0.15, 0.2) is 24.1 Å². The molecule has 1 aromatic heterocycles. The van der Waals surface area contributed by atoms with Crippen LogP contribution in [0.1, 0.15) is 25.3 Å². The zero-order valence-electron chi connectivity index (χ0n) is 14.9. The van der Waals surface area contributed by atoms with Gasteiger partial charge in [-0.05, 0) is 0 Å². The van der Waals surface area contributed by atoms with Crippen molar-refractivity contribution < 1.29 is 33.3 Å². The molecule has 0 spiro atoms. The normalized spacial score (nSPS) is 25.1. The number of aliphatic hydroxyl groups is 1. The molecule has 0 saturated carbocycles. The number of hydrogen-bond acceptors (Lipinski definition) is 6. The zero-order chi connectivity index (χ0) is 20.6. The van der Waals surface area contributed by atoms with Gasteiger partial charge < -0.3 is 0 Å². The maximum atomic E-state index is 12.7. The quantitative estimate of drug-likeness (QED) is 0.360. The summed E-state index contributed by atoms with van der Waals surface area (Å²) in [6.45, 7) is 3.18. The molecule has 0 bridgehead atoms. The van der Waals surface area contributed by atoms with Crippen LogP contribution >= 0.6 is 0 Å². The molecule has 1 aromatic rings. The fourth-order valence-electron chi connectivity index (χ4n) is 3.04. The van der Waals surface area contributed by atoms with Gasteiger partial charge in [-0.15, -0.1) is 0 Å². The first-order valence-electron chi connectivity index (χ1n) is 8.09. The Morgan fingerprint density at radius 1 is 1.44 bits per heavy atom. The van der Waals surface area contributed by atoms with Gasteiger partial charge in [-0.2, -0.15) is 0 Å². The summed E-state index contributed by atoms with van der Waals surface area (Å²) in [4.78, 5) is 23.1. The van der Waals surface area contributed by atoms with Crippen molar-refractivity contribution in [3.63, 3.8) is 0 Å². The number of carboxylic acid groups (broad SMARTS) is 2. The molecule has 27 heavy (non-hydrogen) atoms. The molecule has 0 aliphatic carbocycles. The summed E-state index contributed by atoms with van der Waals surface area (Å²) in [7, 11) is -4.43. The summed E-state index contributed by atoms with van der Waals surface area (Å²) < 4.78 is 28.1. The van der Waals surface area contributed by atoms with E-state index >= 15 is 0 Å². The maximum absolute atomic E-state index is 12.7. The SMILES string of the molecule is CC(C)(O)[C@H](NS(=O)(=O)N1C[C@H](c2cbccc2)[C@@](N)(C(=O)O)C1)C(=O)O. The van der Waals surface area contributed by atoms with Crippen molar-refractivity contribution in [1.82, 2.24) is 9.03 Å². The van der Waals surface area contributed by atoms with Crippen LogP contribution in [0.5, 0.6) is 0 Å². The first kappa shape index (κ1) is 21.4. The van der Waals surface area contributed by atoms with E-state index in [1.807, 2.05) is 4.72 Å². The number of carbonyl (C=O) groups is 2. The third-order valence-corrected chi connectivity index (χ3v) is 6.10. The number of aliphatic carboxylic acids is 2. The Kier molecular flexibility index (Phi) is 5.78. The Labute approximate surface area is 157 Å². The second kappa shape index (κ2) is 7.28. The van der Waals surface area contributed by atoms with Crippen molar-refractivity contribution in [3.8, 4) is 0 Å². The Morgan fingerprint density at radius 2 is 2.07 bits per heavy atom. The molecule has 1 aliphatic heterocycles. The first-order valence-corrected chi connectivity index (χ1v) is 9.53. The van der Waals surface area contributed by atoms with E-state index in [0.29, 0.717) is 5.56 Å². The van der Waals surface area contributed by atoms with E-state index in [2.05, 4.69) is 0 Å². The molecule has 0 radical (unpaired) electrons. The Hall–Kier alpha value is -1.86. The van der Waals surface area contributed by atoms with E-state index in [4.69, 9.17) is 5.73 Å². The van der Waals surface area contributed by atoms with Gasteiger partial charge in [0.15, 0.2) is 0 Å². The second-order valence-electron chi connectivity index (χ2n) is 7.15. The van der Waals surface area contributed by atoms with Crippen molar-refractivity contribution in [2.75, 3.05) is 13.1 Å². The van der Waals surface area contributed by atoms with Crippen LogP contribution in [0, 0.1) is 0 Å². The minimum atomic E-state index is -4.43. The molecule has 1 saturated heterocycles. The minimum absolute atomic E-state index is 0.250. The number of hydrogen-bond donors (Lipinski definition) is 5. The monoisotopic (exact) mass is 399 g/mol. The Balaban J connectivity index is 2.36. The van der Waals surface area contributed by atoms with Gasteiger partial charge in [-0.25, -0.2) is 0 Å². The van der Waals surface area contributed by atoms with Gasteiger partial charge in [0.25, 0.3) is 0 Å². The van der Waals surface area contributed by atoms with Crippen LogP contribution in [-0.2, 0) is 19.8 Å². The number of nitrogens with two attached hydrogens (primary N) is 1. The van der Waals surface area contributed by atoms with Crippen LogP contribution in [0.4, 0.5) is 0 Å². The second-order valence-corrected chi connectivity index (χ2v) is 8.85. The predicted octanol–water partition coefficient (Wildman–Crippen LogP) is -1.74. The van der Waals surface area contributed by atoms with E-state index in [9.17, 15) is 33.3 Å². The van der Waals surface area contributed by atoms with E-state index in [-0.39, 0.29) is 6.54 Å². The third-order valence-electron chi connectivity index (χ3n) is 4.61. The van der Waals surface area contributed by atoms with Gasteiger partial charge >= 0.3 is 157 Å². The standard InChI is InChI=1S/C15H22BN3O7S/c1-14(2,24)11(12(20)21)18-27(25,26)19-7-10(9-4-3-5-16-6-9)15(17,8-19)13(22)23/h3-6,10-11,18,24H,7-8,17H2,1-2H3,(H,20,21)(H,22,23)/t10-,11-,15-/m1/s1.